The summed E-state index contributed by atoms with van der Waals surface area (Å²) < 4.78 is 12.0. The Labute approximate surface area is 147 Å². The molecule has 1 atom stereocenters. The average molecular weight is 360 g/mol. The van der Waals surface area contributed by atoms with Crippen molar-refractivity contribution in [2.45, 2.75) is 6.10 Å². The summed E-state index contributed by atoms with van der Waals surface area (Å²) in [5, 5.41) is 3.86. The van der Waals surface area contributed by atoms with E-state index in [4.69, 9.17) is 9.47 Å². The molecule has 124 valence electrons. The minimum Gasteiger partial charge on any atom is -0.376 e. The van der Waals surface area contributed by atoms with Crippen molar-refractivity contribution in [1.29, 1.82) is 0 Å². The number of nitrogens with zero attached hydrogens (tertiary/aromatic N) is 1. The molecule has 4 rings (SSSR count). The summed E-state index contributed by atoms with van der Waals surface area (Å²) in [5.74, 6) is -0.0819. The van der Waals surface area contributed by atoms with Gasteiger partial charge in [-0.1, -0.05) is 12.1 Å². The van der Waals surface area contributed by atoms with Crippen LogP contribution in [0.3, 0.4) is 0 Å². The van der Waals surface area contributed by atoms with E-state index in [0.29, 0.717) is 31.2 Å². The standard InChI is InChI=1S/C17H16N2O3S2/c20-16(18-9-11-10-21-7-8-22-11)14-5-6-15(23-14)17-19-12-3-1-2-4-13(12)24-17/h1-6,11H,7-10H2,(H,18,20)/t11-/m1/s1. The van der Waals surface area contributed by atoms with Crippen LogP contribution in [-0.2, 0) is 9.47 Å². The minimum atomic E-state index is -0.0819. The largest absolute Gasteiger partial charge is 0.376 e. The van der Waals surface area contributed by atoms with Crippen LogP contribution in [0.1, 0.15) is 9.67 Å². The molecule has 2 aromatic heterocycles. The molecule has 0 spiro atoms. The van der Waals surface area contributed by atoms with Crippen molar-refractivity contribution in [2.24, 2.45) is 0 Å². The van der Waals surface area contributed by atoms with Gasteiger partial charge in [-0.05, 0) is 24.3 Å². The number of nitrogens with one attached hydrogen (secondary N) is 1. The fourth-order valence-electron chi connectivity index (χ4n) is 2.50. The molecule has 1 amide bonds. The predicted molar refractivity (Wildman–Crippen MR) is 95.8 cm³/mol. The Bertz CT molecular complexity index is 819. The molecule has 0 radical (unpaired) electrons. The van der Waals surface area contributed by atoms with Gasteiger partial charge in [0, 0.05) is 6.54 Å². The van der Waals surface area contributed by atoms with Crippen LogP contribution in [0, 0.1) is 0 Å². The first-order valence-corrected chi connectivity index (χ1v) is 9.36. The third-order valence-corrected chi connectivity index (χ3v) is 6.00. The molecule has 1 aromatic carbocycles. The summed E-state index contributed by atoms with van der Waals surface area (Å²) in [4.78, 5) is 18.6. The summed E-state index contributed by atoms with van der Waals surface area (Å²) in [6.07, 6.45) is -0.0635. The predicted octanol–water partition coefficient (Wildman–Crippen LogP) is 3.17. The van der Waals surface area contributed by atoms with Crippen LogP contribution >= 0.6 is 22.7 Å². The lowest BCUT2D eigenvalue weighted by Gasteiger charge is -2.22. The maximum atomic E-state index is 12.3. The van der Waals surface area contributed by atoms with Crippen molar-refractivity contribution in [3.8, 4) is 9.88 Å². The van der Waals surface area contributed by atoms with Gasteiger partial charge in [-0.2, -0.15) is 0 Å². The number of thiazole rings is 1. The third kappa shape index (κ3) is 3.34. The molecule has 1 aliphatic heterocycles. The van der Waals surface area contributed by atoms with Gasteiger partial charge in [0.15, 0.2) is 0 Å². The van der Waals surface area contributed by atoms with Crippen molar-refractivity contribution in [3.05, 3.63) is 41.3 Å². The quantitative estimate of drug-likeness (QED) is 0.776. The van der Waals surface area contributed by atoms with Crippen molar-refractivity contribution in [3.63, 3.8) is 0 Å². The molecule has 0 saturated carbocycles. The normalized spacial score (nSPS) is 17.9. The number of aromatic nitrogens is 1. The summed E-state index contributed by atoms with van der Waals surface area (Å²) in [6, 6.07) is 11.9. The van der Waals surface area contributed by atoms with E-state index < -0.39 is 0 Å². The van der Waals surface area contributed by atoms with Gasteiger partial charge in [0.05, 0.1) is 45.9 Å². The molecular weight excluding hydrogens is 344 g/mol. The number of amides is 1. The van der Waals surface area contributed by atoms with Gasteiger partial charge in [0.2, 0.25) is 0 Å². The second-order valence-corrected chi connectivity index (χ2v) is 7.54. The molecule has 0 aliphatic carbocycles. The van der Waals surface area contributed by atoms with E-state index >= 15 is 0 Å². The topological polar surface area (TPSA) is 60.5 Å². The summed E-state index contributed by atoms with van der Waals surface area (Å²) in [6.45, 7) is 2.21. The molecule has 1 N–H and O–H groups in total. The van der Waals surface area contributed by atoms with Crippen molar-refractivity contribution < 1.29 is 14.3 Å². The minimum absolute atomic E-state index is 0.0635. The SMILES string of the molecule is O=C(NC[C@@H]1COCCO1)c1ccc(-c2nc3ccccc3s2)s1. The molecule has 1 aliphatic rings. The first kappa shape index (κ1) is 15.7. The molecule has 7 heteroatoms. The average Bonchev–Trinajstić information content (AvgIpc) is 3.27. The molecule has 0 unspecified atom stereocenters. The maximum absolute atomic E-state index is 12.3. The first-order valence-electron chi connectivity index (χ1n) is 7.73. The second kappa shape index (κ2) is 6.98. The number of thiophene rings is 1. The van der Waals surface area contributed by atoms with Crippen LogP contribution in [0.2, 0.25) is 0 Å². The van der Waals surface area contributed by atoms with Crippen LogP contribution in [0.15, 0.2) is 36.4 Å². The van der Waals surface area contributed by atoms with Crippen LogP contribution in [0.4, 0.5) is 0 Å². The van der Waals surface area contributed by atoms with Crippen molar-refractivity contribution in [1.82, 2.24) is 10.3 Å². The number of carbonyl (C=O) groups is 1. The highest BCUT2D eigenvalue weighted by atomic mass is 32.1. The van der Waals surface area contributed by atoms with Gasteiger partial charge in [0.1, 0.15) is 5.01 Å². The van der Waals surface area contributed by atoms with E-state index in [1.807, 2.05) is 30.3 Å². The Kier molecular flexibility index (Phi) is 4.57. The number of ether oxygens (including phenoxy) is 2. The Hall–Kier alpha value is -1.80. The zero-order valence-electron chi connectivity index (χ0n) is 12.9. The van der Waals surface area contributed by atoms with Crippen LogP contribution in [0.5, 0.6) is 0 Å². The van der Waals surface area contributed by atoms with E-state index in [0.717, 1.165) is 20.1 Å². The number of fused-ring (bicyclic) bond motifs is 1. The second-order valence-electron chi connectivity index (χ2n) is 5.43. The number of rotatable bonds is 4. The molecule has 1 saturated heterocycles. The monoisotopic (exact) mass is 360 g/mol. The van der Waals surface area contributed by atoms with Gasteiger partial charge in [-0.25, -0.2) is 4.98 Å². The van der Waals surface area contributed by atoms with Gasteiger partial charge in [0.25, 0.3) is 5.91 Å². The van der Waals surface area contributed by atoms with Crippen LogP contribution in [-0.4, -0.2) is 43.4 Å². The smallest absolute Gasteiger partial charge is 0.261 e. The van der Waals surface area contributed by atoms with Crippen molar-refractivity contribution >= 4 is 38.8 Å². The highest BCUT2D eigenvalue weighted by Crippen LogP contribution is 2.34. The molecular formula is C17H16N2O3S2. The molecule has 1 fully saturated rings. The van der Waals surface area contributed by atoms with Crippen LogP contribution < -0.4 is 5.32 Å². The highest BCUT2D eigenvalue weighted by molar-refractivity contribution is 7.26. The van der Waals surface area contributed by atoms with Gasteiger partial charge in [-0.3, -0.25) is 4.79 Å². The Morgan fingerprint density at radius 1 is 1.21 bits per heavy atom. The lowest BCUT2D eigenvalue weighted by atomic mass is 10.3. The molecule has 24 heavy (non-hydrogen) atoms. The fourth-order valence-corrected chi connectivity index (χ4v) is 4.44. The number of benzene rings is 1. The van der Waals surface area contributed by atoms with E-state index in [1.165, 1.54) is 11.3 Å². The first-order chi connectivity index (χ1) is 11.8. The molecule has 3 aromatic rings. The number of para-hydroxylation sites is 1. The van der Waals surface area contributed by atoms with Gasteiger partial charge >= 0.3 is 0 Å². The highest BCUT2D eigenvalue weighted by Gasteiger charge is 2.17. The van der Waals surface area contributed by atoms with Crippen molar-refractivity contribution in [2.75, 3.05) is 26.4 Å². The van der Waals surface area contributed by atoms with E-state index in [2.05, 4.69) is 16.4 Å². The lowest BCUT2D eigenvalue weighted by Crippen LogP contribution is -2.39. The lowest BCUT2D eigenvalue weighted by molar-refractivity contribution is -0.0855. The van der Waals surface area contributed by atoms with Crippen LogP contribution in [0.25, 0.3) is 20.1 Å². The Morgan fingerprint density at radius 2 is 2.12 bits per heavy atom. The van der Waals surface area contributed by atoms with E-state index in [1.54, 1.807) is 11.3 Å². The van der Waals surface area contributed by atoms with Gasteiger partial charge < -0.3 is 14.8 Å². The van der Waals surface area contributed by atoms with Gasteiger partial charge in [-0.15, -0.1) is 22.7 Å². The fraction of sp³-hybridized carbons (Fsp3) is 0.294. The molecule has 0 bridgehead atoms. The zero-order chi connectivity index (χ0) is 16.4. The third-order valence-electron chi connectivity index (χ3n) is 3.71. The summed E-state index contributed by atoms with van der Waals surface area (Å²) in [7, 11) is 0. The number of carbonyl (C=O) groups excluding carboxylic acids is 1. The van der Waals surface area contributed by atoms with E-state index in [-0.39, 0.29) is 12.0 Å². The maximum Gasteiger partial charge on any atom is 0.261 e. The Balaban J connectivity index is 1.44. The van der Waals surface area contributed by atoms with E-state index in [9.17, 15) is 4.79 Å². The Morgan fingerprint density at radius 3 is 2.96 bits per heavy atom. The zero-order valence-corrected chi connectivity index (χ0v) is 14.5. The summed E-state index contributed by atoms with van der Waals surface area (Å²) >= 11 is 3.10. The molecule has 3 heterocycles. The summed E-state index contributed by atoms with van der Waals surface area (Å²) in [5.41, 5.74) is 0.992. The number of hydrogen-bond acceptors (Lipinski definition) is 6. The molecule has 5 nitrogen and oxygen atoms in total. The number of hydrogen-bond donors (Lipinski definition) is 1.